The van der Waals surface area contributed by atoms with Crippen molar-refractivity contribution < 1.29 is 9.18 Å². The fourth-order valence-corrected chi connectivity index (χ4v) is 4.02. The Kier molecular flexibility index (Phi) is 5.46. The molecule has 148 valence electrons. The summed E-state index contributed by atoms with van der Waals surface area (Å²) < 4.78 is 14.0. The number of carbonyl (C=O) groups excluding carboxylic acids is 1. The van der Waals surface area contributed by atoms with Crippen LogP contribution < -0.4 is 9.80 Å². The largest absolute Gasteiger partial charge is 0.371 e. The van der Waals surface area contributed by atoms with Gasteiger partial charge in [0.05, 0.1) is 5.69 Å². The molecule has 1 aromatic heterocycles. The van der Waals surface area contributed by atoms with Gasteiger partial charge in [-0.15, -0.1) is 0 Å². The molecule has 2 aromatic rings. The van der Waals surface area contributed by atoms with Crippen LogP contribution in [0.15, 0.2) is 42.6 Å². The van der Waals surface area contributed by atoms with E-state index in [-0.39, 0.29) is 11.7 Å². The Morgan fingerprint density at radius 3 is 2.43 bits per heavy atom. The third kappa shape index (κ3) is 3.96. The van der Waals surface area contributed by atoms with Crippen molar-refractivity contribution in [3.05, 3.63) is 54.1 Å². The lowest BCUT2D eigenvalue weighted by Gasteiger charge is -2.36. The molecule has 0 saturated carbocycles. The number of amides is 1. The molecule has 0 bridgehead atoms. The van der Waals surface area contributed by atoms with Crippen LogP contribution in [0, 0.1) is 11.7 Å². The highest BCUT2D eigenvalue weighted by Gasteiger charge is 2.25. The molecule has 4 rings (SSSR count). The summed E-state index contributed by atoms with van der Waals surface area (Å²) in [6, 6.07) is 10.7. The van der Waals surface area contributed by atoms with Crippen molar-refractivity contribution in [3.8, 4) is 0 Å². The lowest BCUT2D eigenvalue weighted by molar-refractivity contribution is 0.0740. The normalized spacial score (nSPS) is 18.4. The van der Waals surface area contributed by atoms with E-state index < -0.39 is 0 Å². The number of halogens is 1. The molecule has 2 aliphatic heterocycles. The number of aromatic nitrogens is 1. The van der Waals surface area contributed by atoms with Crippen LogP contribution in [0.3, 0.4) is 0 Å². The maximum Gasteiger partial charge on any atom is 0.272 e. The number of hydrogen-bond acceptors (Lipinski definition) is 4. The number of hydrogen-bond donors (Lipinski definition) is 0. The highest BCUT2D eigenvalue weighted by atomic mass is 19.1. The SMILES string of the molecule is CC1CCN(c2ccnc(C(=O)N3CCN(c4ccccc4F)CC3)c2)CC1. The second-order valence-electron chi connectivity index (χ2n) is 7.80. The van der Waals surface area contributed by atoms with E-state index in [4.69, 9.17) is 0 Å². The summed E-state index contributed by atoms with van der Waals surface area (Å²) in [5.74, 6) is 0.512. The minimum absolute atomic E-state index is 0.0413. The Balaban J connectivity index is 1.40. The van der Waals surface area contributed by atoms with Gasteiger partial charge in [0.2, 0.25) is 0 Å². The van der Waals surface area contributed by atoms with Crippen LogP contribution >= 0.6 is 0 Å². The first kappa shape index (κ1) is 18.7. The Bertz CT molecular complexity index is 827. The third-order valence-corrected chi connectivity index (χ3v) is 5.87. The van der Waals surface area contributed by atoms with Crippen LogP contribution in [-0.4, -0.2) is 55.1 Å². The molecule has 0 spiro atoms. The summed E-state index contributed by atoms with van der Waals surface area (Å²) in [4.78, 5) is 23.4. The van der Waals surface area contributed by atoms with Crippen LogP contribution in [0.25, 0.3) is 0 Å². The average Bonchev–Trinajstić information content (AvgIpc) is 2.74. The molecule has 2 aliphatic rings. The Morgan fingerprint density at radius 1 is 1.00 bits per heavy atom. The molecule has 3 heterocycles. The Labute approximate surface area is 165 Å². The van der Waals surface area contributed by atoms with Crippen molar-refractivity contribution in [3.63, 3.8) is 0 Å². The van der Waals surface area contributed by atoms with E-state index in [1.807, 2.05) is 28.0 Å². The number of pyridine rings is 1. The number of nitrogens with zero attached hydrogens (tertiary/aromatic N) is 4. The summed E-state index contributed by atoms with van der Waals surface area (Å²) in [6.07, 6.45) is 4.10. The molecule has 2 fully saturated rings. The molecule has 6 heteroatoms. The topological polar surface area (TPSA) is 39.7 Å². The van der Waals surface area contributed by atoms with Gasteiger partial charge in [0.1, 0.15) is 11.5 Å². The molecule has 1 aromatic carbocycles. The Morgan fingerprint density at radius 2 is 1.71 bits per heavy atom. The fraction of sp³-hybridized carbons (Fsp3) is 0.455. The first-order valence-corrected chi connectivity index (χ1v) is 10.1. The lowest BCUT2D eigenvalue weighted by atomic mass is 9.99. The van der Waals surface area contributed by atoms with E-state index in [2.05, 4.69) is 16.8 Å². The van der Waals surface area contributed by atoms with Crippen LogP contribution in [0.1, 0.15) is 30.3 Å². The number of benzene rings is 1. The minimum atomic E-state index is -0.215. The van der Waals surface area contributed by atoms with Crippen molar-refractivity contribution in [2.45, 2.75) is 19.8 Å². The molecule has 0 atom stereocenters. The fourth-order valence-electron chi connectivity index (χ4n) is 4.02. The van der Waals surface area contributed by atoms with Crippen LogP contribution in [0.2, 0.25) is 0 Å². The van der Waals surface area contributed by atoms with E-state index in [9.17, 15) is 9.18 Å². The molecule has 0 unspecified atom stereocenters. The predicted molar refractivity (Wildman–Crippen MR) is 109 cm³/mol. The molecular weight excluding hydrogens is 355 g/mol. The summed E-state index contributed by atoms with van der Waals surface area (Å²) in [5, 5.41) is 0. The average molecular weight is 382 g/mol. The number of carbonyl (C=O) groups is 1. The monoisotopic (exact) mass is 382 g/mol. The molecule has 28 heavy (non-hydrogen) atoms. The van der Waals surface area contributed by atoms with E-state index in [1.165, 1.54) is 18.9 Å². The molecule has 5 nitrogen and oxygen atoms in total. The zero-order chi connectivity index (χ0) is 19.5. The highest BCUT2D eigenvalue weighted by Crippen LogP contribution is 2.24. The van der Waals surface area contributed by atoms with Crippen LogP contribution in [0.5, 0.6) is 0 Å². The van der Waals surface area contributed by atoms with Crippen molar-refractivity contribution >= 4 is 17.3 Å². The summed E-state index contributed by atoms with van der Waals surface area (Å²) in [5.41, 5.74) is 2.18. The number of piperazine rings is 1. The van der Waals surface area contributed by atoms with Gasteiger partial charge in [-0.2, -0.15) is 0 Å². The zero-order valence-electron chi connectivity index (χ0n) is 16.4. The Hall–Kier alpha value is -2.63. The molecular formula is C22H27FN4O. The van der Waals surface area contributed by atoms with Gasteiger partial charge in [-0.1, -0.05) is 19.1 Å². The van der Waals surface area contributed by atoms with Crippen LogP contribution in [-0.2, 0) is 0 Å². The lowest BCUT2D eigenvalue weighted by Crippen LogP contribution is -2.49. The maximum absolute atomic E-state index is 14.0. The number of piperidine rings is 1. The first-order chi connectivity index (χ1) is 13.6. The van der Waals surface area contributed by atoms with Crippen molar-refractivity contribution in [2.24, 2.45) is 5.92 Å². The number of rotatable bonds is 3. The number of para-hydroxylation sites is 1. The first-order valence-electron chi connectivity index (χ1n) is 10.1. The summed E-state index contributed by atoms with van der Waals surface area (Å²) >= 11 is 0. The molecule has 1 amide bonds. The predicted octanol–water partition coefficient (Wildman–Crippen LogP) is 3.42. The van der Waals surface area contributed by atoms with Gasteiger partial charge in [-0.3, -0.25) is 9.78 Å². The van der Waals surface area contributed by atoms with Crippen molar-refractivity contribution in [1.29, 1.82) is 0 Å². The minimum Gasteiger partial charge on any atom is -0.371 e. The maximum atomic E-state index is 14.0. The smallest absolute Gasteiger partial charge is 0.272 e. The van der Waals surface area contributed by atoms with Crippen molar-refractivity contribution in [1.82, 2.24) is 9.88 Å². The van der Waals surface area contributed by atoms with Gasteiger partial charge in [0, 0.05) is 51.2 Å². The second-order valence-corrected chi connectivity index (χ2v) is 7.80. The van der Waals surface area contributed by atoms with E-state index in [0.717, 1.165) is 24.7 Å². The van der Waals surface area contributed by atoms with Crippen LogP contribution in [0.4, 0.5) is 15.8 Å². The highest BCUT2D eigenvalue weighted by molar-refractivity contribution is 5.93. The number of anilines is 2. The van der Waals surface area contributed by atoms with Crippen molar-refractivity contribution in [2.75, 3.05) is 49.1 Å². The zero-order valence-corrected chi connectivity index (χ0v) is 16.4. The van der Waals surface area contributed by atoms with Gasteiger partial charge in [0.15, 0.2) is 0 Å². The quantitative estimate of drug-likeness (QED) is 0.816. The van der Waals surface area contributed by atoms with E-state index in [0.29, 0.717) is 37.6 Å². The van der Waals surface area contributed by atoms with Gasteiger partial charge < -0.3 is 14.7 Å². The van der Waals surface area contributed by atoms with E-state index in [1.54, 1.807) is 18.3 Å². The molecule has 0 aliphatic carbocycles. The molecule has 2 saturated heterocycles. The van der Waals surface area contributed by atoms with E-state index >= 15 is 0 Å². The van der Waals surface area contributed by atoms with Gasteiger partial charge >= 0.3 is 0 Å². The third-order valence-electron chi connectivity index (χ3n) is 5.87. The van der Waals surface area contributed by atoms with Gasteiger partial charge in [0.25, 0.3) is 5.91 Å². The summed E-state index contributed by atoms with van der Waals surface area (Å²) in [7, 11) is 0. The molecule has 0 radical (unpaired) electrons. The molecule has 0 N–H and O–H groups in total. The summed E-state index contributed by atoms with van der Waals surface area (Å²) in [6.45, 7) is 6.73. The standard InChI is InChI=1S/C22H27FN4O/c1-17-7-10-25(11-8-17)18-6-9-24-20(16-18)22(28)27-14-12-26(13-15-27)21-5-3-2-4-19(21)23/h2-6,9,16-17H,7-8,10-15H2,1H3. The second kappa shape index (κ2) is 8.17. The van der Waals surface area contributed by atoms with Gasteiger partial charge in [-0.25, -0.2) is 4.39 Å². The van der Waals surface area contributed by atoms with Gasteiger partial charge in [-0.05, 0) is 43.0 Å².